The van der Waals surface area contributed by atoms with Gasteiger partial charge in [0.2, 0.25) is 0 Å². The summed E-state index contributed by atoms with van der Waals surface area (Å²) >= 11 is 0. The van der Waals surface area contributed by atoms with Gasteiger partial charge in [0.1, 0.15) is 5.82 Å². The van der Waals surface area contributed by atoms with Crippen molar-refractivity contribution in [3.05, 3.63) is 23.9 Å². The van der Waals surface area contributed by atoms with E-state index in [1.807, 2.05) is 12.1 Å². The maximum absolute atomic E-state index is 5.50. The Morgan fingerprint density at radius 2 is 2.00 bits per heavy atom. The number of rotatable bonds is 10. The number of anilines is 1. The van der Waals surface area contributed by atoms with Crippen LogP contribution in [0.4, 0.5) is 5.82 Å². The number of hydrazine groups is 1. The maximum Gasteiger partial charge on any atom is 0.139 e. The van der Waals surface area contributed by atoms with Crippen molar-refractivity contribution in [2.75, 3.05) is 39.0 Å². The van der Waals surface area contributed by atoms with Crippen LogP contribution in [-0.4, -0.2) is 38.5 Å². The molecule has 0 aliphatic heterocycles. The van der Waals surface area contributed by atoms with Gasteiger partial charge in [-0.05, 0) is 18.1 Å². The fourth-order valence-electron chi connectivity index (χ4n) is 1.29. The molecular formula is C12H21N3O3. The molecule has 0 saturated carbocycles. The average Bonchev–Trinajstić information content (AvgIpc) is 2.42. The maximum atomic E-state index is 5.50. The molecule has 0 aliphatic carbocycles. The van der Waals surface area contributed by atoms with Crippen LogP contribution in [0.5, 0.6) is 0 Å². The number of methoxy groups -OCH3 is 1. The second kappa shape index (κ2) is 9.78. The van der Waals surface area contributed by atoms with Crippen LogP contribution in [0.2, 0.25) is 0 Å². The molecule has 1 aromatic rings. The largest absolute Gasteiger partial charge is 0.382 e. The number of nitrogens with one attached hydrogen (secondary N) is 1. The Bertz CT molecular complexity index is 306. The van der Waals surface area contributed by atoms with Crippen LogP contribution >= 0.6 is 0 Å². The molecule has 0 spiro atoms. The molecule has 0 atom stereocenters. The van der Waals surface area contributed by atoms with Gasteiger partial charge in [-0.1, -0.05) is 6.07 Å². The van der Waals surface area contributed by atoms with E-state index in [0.717, 1.165) is 12.0 Å². The standard InChI is InChI=1S/C12H21N3O3/c1-16-7-8-17-5-2-6-18-10-11-3-4-12(15-13)14-9-11/h3-4,9H,2,5-8,10,13H2,1H3,(H,14,15). The normalized spacial score (nSPS) is 10.6. The van der Waals surface area contributed by atoms with Crippen molar-refractivity contribution in [2.24, 2.45) is 5.84 Å². The van der Waals surface area contributed by atoms with Gasteiger partial charge < -0.3 is 19.6 Å². The van der Waals surface area contributed by atoms with E-state index in [4.69, 9.17) is 20.1 Å². The van der Waals surface area contributed by atoms with Gasteiger partial charge in [0.15, 0.2) is 0 Å². The summed E-state index contributed by atoms with van der Waals surface area (Å²) in [5.41, 5.74) is 3.50. The highest BCUT2D eigenvalue weighted by molar-refractivity contribution is 5.33. The van der Waals surface area contributed by atoms with Crippen molar-refractivity contribution in [3.8, 4) is 0 Å². The Balaban J connectivity index is 2.00. The Morgan fingerprint density at radius 3 is 2.67 bits per heavy atom. The molecular weight excluding hydrogens is 234 g/mol. The van der Waals surface area contributed by atoms with Crippen molar-refractivity contribution in [1.29, 1.82) is 0 Å². The van der Waals surface area contributed by atoms with E-state index in [9.17, 15) is 0 Å². The number of hydrogen-bond acceptors (Lipinski definition) is 6. The number of aromatic nitrogens is 1. The summed E-state index contributed by atoms with van der Waals surface area (Å²) in [6, 6.07) is 3.74. The van der Waals surface area contributed by atoms with E-state index in [1.54, 1.807) is 13.3 Å². The van der Waals surface area contributed by atoms with E-state index in [-0.39, 0.29) is 0 Å². The van der Waals surface area contributed by atoms with Gasteiger partial charge in [0.05, 0.1) is 19.8 Å². The fraction of sp³-hybridized carbons (Fsp3) is 0.583. The lowest BCUT2D eigenvalue weighted by Gasteiger charge is -2.06. The lowest BCUT2D eigenvalue weighted by atomic mass is 10.3. The Morgan fingerprint density at radius 1 is 1.17 bits per heavy atom. The molecule has 0 radical (unpaired) electrons. The van der Waals surface area contributed by atoms with Crippen molar-refractivity contribution < 1.29 is 14.2 Å². The molecule has 0 unspecified atom stereocenters. The average molecular weight is 255 g/mol. The van der Waals surface area contributed by atoms with E-state index >= 15 is 0 Å². The molecule has 0 aromatic carbocycles. The first-order valence-electron chi connectivity index (χ1n) is 5.93. The fourth-order valence-corrected chi connectivity index (χ4v) is 1.29. The lowest BCUT2D eigenvalue weighted by Crippen LogP contribution is -2.08. The van der Waals surface area contributed by atoms with Gasteiger partial charge in [-0.3, -0.25) is 0 Å². The van der Waals surface area contributed by atoms with Crippen LogP contribution in [0.15, 0.2) is 18.3 Å². The highest BCUT2D eigenvalue weighted by Gasteiger charge is 1.95. The molecule has 1 rings (SSSR count). The zero-order valence-corrected chi connectivity index (χ0v) is 10.7. The lowest BCUT2D eigenvalue weighted by molar-refractivity contribution is 0.0483. The number of hydrogen-bond donors (Lipinski definition) is 2. The molecule has 0 bridgehead atoms. The van der Waals surface area contributed by atoms with Crippen molar-refractivity contribution in [3.63, 3.8) is 0 Å². The summed E-state index contributed by atoms with van der Waals surface area (Å²) in [5.74, 6) is 5.87. The Labute approximate surface area is 107 Å². The zero-order valence-electron chi connectivity index (χ0n) is 10.7. The van der Waals surface area contributed by atoms with Crippen LogP contribution in [0.3, 0.4) is 0 Å². The summed E-state index contributed by atoms with van der Waals surface area (Å²) < 4.78 is 15.7. The number of ether oxygens (including phenoxy) is 3. The number of nitrogens with two attached hydrogens (primary N) is 1. The monoisotopic (exact) mass is 255 g/mol. The van der Waals surface area contributed by atoms with Crippen molar-refractivity contribution in [2.45, 2.75) is 13.0 Å². The van der Waals surface area contributed by atoms with Crippen LogP contribution in [0.25, 0.3) is 0 Å². The van der Waals surface area contributed by atoms with Crippen LogP contribution in [-0.2, 0) is 20.8 Å². The highest BCUT2D eigenvalue weighted by atomic mass is 16.5. The minimum absolute atomic E-state index is 0.552. The van der Waals surface area contributed by atoms with Gasteiger partial charge in [0, 0.05) is 26.5 Å². The molecule has 1 heterocycles. The number of nitrogens with zero attached hydrogens (tertiary/aromatic N) is 1. The highest BCUT2D eigenvalue weighted by Crippen LogP contribution is 2.04. The third-order valence-corrected chi connectivity index (χ3v) is 2.25. The number of pyridine rings is 1. The molecule has 102 valence electrons. The van der Waals surface area contributed by atoms with E-state index in [0.29, 0.717) is 38.9 Å². The van der Waals surface area contributed by atoms with Crippen molar-refractivity contribution >= 4 is 5.82 Å². The number of nitrogen functional groups attached to an aromatic ring is 1. The molecule has 18 heavy (non-hydrogen) atoms. The van der Waals surface area contributed by atoms with E-state index in [1.165, 1.54) is 0 Å². The first-order valence-corrected chi connectivity index (χ1v) is 5.93. The topological polar surface area (TPSA) is 78.6 Å². The zero-order chi connectivity index (χ0) is 13.1. The molecule has 3 N–H and O–H groups in total. The minimum Gasteiger partial charge on any atom is -0.382 e. The van der Waals surface area contributed by atoms with Gasteiger partial charge in [-0.2, -0.15) is 0 Å². The smallest absolute Gasteiger partial charge is 0.139 e. The summed E-state index contributed by atoms with van der Waals surface area (Å²) in [7, 11) is 1.66. The van der Waals surface area contributed by atoms with E-state index in [2.05, 4.69) is 10.4 Å². The summed E-state index contributed by atoms with van der Waals surface area (Å²) in [6.45, 7) is 3.18. The van der Waals surface area contributed by atoms with Gasteiger partial charge in [0.25, 0.3) is 0 Å². The third-order valence-electron chi connectivity index (χ3n) is 2.25. The second-order valence-corrected chi connectivity index (χ2v) is 3.71. The predicted octanol–water partition coefficient (Wildman–Crippen LogP) is 0.937. The first-order chi connectivity index (χ1) is 8.86. The van der Waals surface area contributed by atoms with Crippen molar-refractivity contribution in [1.82, 2.24) is 4.98 Å². The second-order valence-electron chi connectivity index (χ2n) is 3.71. The molecule has 0 aliphatic rings. The first kappa shape index (κ1) is 14.8. The molecule has 0 amide bonds. The summed E-state index contributed by atoms with van der Waals surface area (Å²) in [6.07, 6.45) is 2.61. The molecule has 1 aromatic heterocycles. The van der Waals surface area contributed by atoms with Gasteiger partial charge >= 0.3 is 0 Å². The van der Waals surface area contributed by atoms with Gasteiger partial charge in [-0.15, -0.1) is 0 Å². The quantitative estimate of drug-likeness (QED) is 0.368. The molecule has 0 fully saturated rings. The SMILES string of the molecule is COCCOCCCOCc1ccc(NN)nc1. The summed E-state index contributed by atoms with van der Waals surface area (Å²) in [4.78, 5) is 4.09. The third kappa shape index (κ3) is 6.51. The minimum atomic E-state index is 0.552. The van der Waals surface area contributed by atoms with Crippen LogP contribution < -0.4 is 11.3 Å². The predicted molar refractivity (Wildman–Crippen MR) is 69.0 cm³/mol. The molecule has 6 heteroatoms. The molecule has 0 saturated heterocycles. The molecule has 6 nitrogen and oxygen atoms in total. The summed E-state index contributed by atoms with van der Waals surface area (Å²) in [5, 5.41) is 0. The van der Waals surface area contributed by atoms with Crippen LogP contribution in [0.1, 0.15) is 12.0 Å². The van der Waals surface area contributed by atoms with Crippen LogP contribution in [0, 0.1) is 0 Å². The Kier molecular flexibility index (Phi) is 8.07. The van der Waals surface area contributed by atoms with E-state index < -0.39 is 0 Å². The Hall–Kier alpha value is -1.21. The van der Waals surface area contributed by atoms with Gasteiger partial charge in [-0.25, -0.2) is 10.8 Å².